The number of alkyl halides is 3. The molecule has 0 saturated carbocycles. The van der Waals surface area contributed by atoms with E-state index in [0.717, 1.165) is 11.8 Å². The lowest BCUT2D eigenvalue weighted by molar-refractivity contribution is -0.136. The minimum absolute atomic E-state index is 0.0564. The molecule has 0 bridgehead atoms. The third-order valence-electron chi connectivity index (χ3n) is 4.53. The highest BCUT2D eigenvalue weighted by Crippen LogP contribution is 2.37. The number of aromatic amines is 1. The second-order valence-electron chi connectivity index (χ2n) is 6.04. The molecule has 26 heavy (non-hydrogen) atoms. The second kappa shape index (κ2) is 5.72. The number of benzene rings is 1. The number of fused-ring (bicyclic) bond motifs is 2. The Morgan fingerprint density at radius 3 is 2.81 bits per heavy atom. The van der Waals surface area contributed by atoms with E-state index in [2.05, 4.69) is 15.2 Å². The summed E-state index contributed by atoms with van der Waals surface area (Å²) in [6.45, 7) is 0.784. The monoisotopic (exact) mass is 362 g/mol. The van der Waals surface area contributed by atoms with Crippen LogP contribution in [0.2, 0.25) is 0 Å². The summed E-state index contributed by atoms with van der Waals surface area (Å²) in [6.07, 6.45) is -2.63. The molecule has 3 aromatic rings. The van der Waals surface area contributed by atoms with E-state index in [1.165, 1.54) is 12.3 Å². The van der Waals surface area contributed by atoms with Crippen LogP contribution in [0.3, 0.4) is 0 Å². The summed E-state index contributed by atoms with van der Waals surface area (Å²) in [5, 5.41) is 16.2. The zero-order valence-corrected chi connectivity index (χ0v) is 13.3. The topological polar surface area (TPSA) is 82.1 Å². The van der Waals surface area contributed by atoms with Crippen LogP contribution >= 0.6 is 0 Å². The number of halogens is 3. The van der Waals surface area contributed by atoms with Gasteiger partial charge < -0.3 is 10.0 Å². The molecule has 0 aliphatic carbocycles. The second-order valence-corrected chi connectivity index (χ2v) is 6.04. The van der Waals surface area contributed by atoms with Gasteiger partial charge in [0.1, 0.15) is 0 Å². The minimum Gasteiger partial charge on any atom is -0.476 e. The van der Waals surface area contributed by atoms with Crippen molar-refractivity contribution in [1.82, 2.24) is 15.2 Å². The fourth-order valence-corrected chi connectivity index (χ4v) is 3.34. The highest BCUT2D eigenvalue weighted by atomic mass is 19.4. The molecule has 4 rings (SSSR count). The van der Waals surface area contributed by atoms with Crippen LogP contribution in [0.15, 0.2) is 30.5 Å². The van der Waals surface area contributed by atoms with E-state index in [9.17, 15) is 23.1 Å². The Balaban J connectivity index is 1.81. The molecular formula is C17H13F3N4O2. The maximum absolute atomic E-state index is 13.3. The van der Waals surface area contributed by atoms with Crippen LogP contribution in [-0.4, -0.2) is 32.8 Å². The molecule has 1 aliphatic rings. The van der Waals surface area contributed by atoms with Crippen LogP contribution < -0.4 is 4.90 Å². The summed E-state index contributed by atoms with van der Waals surface area (Å²) in [4.78, 5) is 17.1. The van der Waals surface area contributed by atoms with Gasteiger partial charge in [0.15, 0.2) is 5.69 Å². The molecule has 1 aromatic carbocycles. The van der Waals surface area contributed by atoms with E-state index in [4.69, 9.17) is 0 Å². The van der Waals surface area contributed by atoms with Gasteiger partial charge in [-0.25, -0.2) is 4.79 Å². The van der Waals surface area contributed by atoms with Gasteiger partial charge in [0.2, 0.25) is 0 Å². The largest absolute Gasteiger partial charge is 0.476 e. The number of carbonyl (C=O) groups is 1. The molecule has 0 spiro atoms. The number of H-pyrrole nitrogens is 1. The lowest BCUT2D eigenvalue weighted by Gasteiger charge is -2.30. The maximum Gasteiger partial charge on any atom is 0.418 e. The van der Waals surface area contributed by atoms with E-state index in [1.807, 2.05) is 4.90 Å². The first-order valence-electron chi connectivity index (χ1n) is 7.85. The van der Waals surface area contributed by atoms with Crippen LogP contribution in [-0.2, 0) is 19.1 Å². The van der Waals surface area contributed by atoms with Crippen LogP contribution in [0.25, 0.3) is 10.9 Å². The first kappa shape index (κ1) is 16.4. The van der Waals surface area contributed by atoms with E-state index in [-0.39, 0.29) is 17.8 Å². The van der Waals surface area contributed by atoms with Crippen LogP contribution in [0.5, 0.6) is 0 Å². The normalized spacial score (nSPS) is 14.5. The number of rotatable bonds is 2. The average molecular weight is 362 g/mol. The van der Waals surface area contributed by atoms with E-state index in [1.54, 1.807) is 12.1 Å². The maximum atomic E-state index is 13.3. The van der Waals surface area contributed by atoms with Gasteiger partial charge in [0.05, 0.1) is 11.1 Å². The summed E-state index contributed by atoms with van der Waals surface area (Å²) >= 11 is 0. The molecule has 2 N–H and O–H groups in total. The molecule has 0 saturated heterocycles. The number of carboxylic acid groups (broad SMARTS) is 1. The Hall–Kier alpha value is -3.10. The van der Waals surface area contributed by atoms with Crippen LogP contribution in [0.4, 0.5) is 18.9 Å². The third-order valence-corrected chi connectivity index (χ3v) is 4.53. The summed E-state index contributed by atoms with van der Waals surface area (Å²) in [5.74, 6) is -1.14. The van der Waals surface area contributed by atoms with E-state index < -0.39 is 17.7 Å². The molecule has 0 fully saturated rings. The molecule has 134 valence electrons. The number of nitrogens with zero attached hydrogens (tertiary/aromatic N) is 3. The Kier molecular flexibility index (Phi) is 3.60. The quantitative estimate of drug-likeness (QED) is 0.731. The molecule has 0 amide bonds. The van der Waals surface area contributed by atoms with Gasteiger partial charge in [-0.1, -0.05) is 12.1 Å². The van der Waals surface area contributed by atoms with Crippen molar-refractivity contribution >= 4 is 22.6 Å². The number of hydrogen-bond donors (Lipinski definition) is 2. The highest BCUT2D eigenvalue weighted by Gasteiger charge is 2.34. The fraction of sp³-hybridized carbons (Fsp3) is 0.235. The van der Waals surface area contributed by atoms with Crippen molar-refractivity contribution < 1.29 is 23.1 Å². The number of para-hydroxylation sites is 1. The third kappa shape index (κ3) is 2.56. The first-order chi connectivity index (χ1) is 12.4. The van der Waals surface area contributed by atoms with Gasteiger partial charge in [-0.05, 0) is 12.1 Å². The Labute approximate surface area is 145 Å². The summed E-state index contributed by atoms with van der Waals surface area (Å²) in [5.41, 5.74) is 0.926. The molecule has 0 unspecified atom stereocenters. The molecule has 9 heteroatoms. The predicted octanol–water partition coefficient (Wildman–Crippen LogP) is 3.24. The van der Waals surface area contributed by atoms with Gasteiger partial charge >= 0.3 is 12.1 Å². The summed E-state index contributed by atoms with van der Waals surface area (Å²) in [7, 11) is 0. The number of aromatic nitrogens is 3. The van der Waals surface area contributed by atoms with Crippen molar-refractivity contribution in [1.29, 1.82) is 0 Å². The van der Waals surface area contributed by atoms with Crippen molar-refractivity contribution in [2.75, 3.05) is 11.4 Å². The van der Waals surface area contributed by atoms with Gasteiger partial charge in [-0.15, -0.1) is 0 Å². The van der Waals surface area contributed by atoms with Gasteiger partial charge in [0, 0.05) is 48.0 Å². The van der Waals surface area contributed by atoms with Crippen molar-refractivity contribution in [3.05, 3.63) is 53.0 Å². The number of aromatic carboxylic acids is 1. The number of pyridine rings is 1. The number of hydrogen-bond acceptors (Lipinski definition) is 4. The Morgan fingerprint density at radius 1 is 1.27 bits per heavy atom. The zero-order valence-electron chi connectivity index (χ0n) is 13.3. The van der Waals surface area contributed by atoms with Crippen molar-refractivity contribution in [3.63, 3.8) is 0 Å². The smallest absolute Gasteiger partial charge is 0.418 e. The fourth-order valence-electron chi connectivity index (χ4n) is 3.34. The average Bonchev–Trinajstić information content (AvgIpc) is 3.03. The van der Waals surface area contributed by atoms with E-state index in [0.29, 0.717) is 29.6 Å². The molecule has 0 radical (unpaired) electrons. The Morgan fingerprint density at radius 2 is 2.08 bits per heavy atom. The van der Waals surface area contributed by atoms with E-state index >= 15 is 0 Å². The number of carboxylic acids is 1. The number of anilines is 1. The van der Waals surface area contributed by atoms with Gasteiger partial charge in [-0.2, -0.15) is 18.3 Å². The molecule has 2 aromatic heterocycles. The van der Waals surface area contributed by atoms with Crippen molar-refractivity contribution in [2.24, 2.45) is 0 Å². The lowest BCUT2D eigenvalue weighted by atomic mass is 10.0. The van der Waals surface area contributed by atoms with Gasteiger partial charge in [0.25, 0.3) is 0 Å². The predicted molar refractivity (Wildman–Crippen MR) is 87.0 cm³/mol. The lowest BCUT2D eigenvalue weighted by Crippen LogP contribution is -2.31. The van der Waals surface area contributed by atoms with Crippen molar-refractivity contribution in [2.45, 2.75) is 19.1 Å². The molecule has 6 nitrogen and oxygen atoms in total. The van der Waals surface area contributed by atoms with Gasteiger partial charge in [-0.3, -0.25) is 10.1 Å². The molecule has 0 atom stereocenters. The summed E-state index contributed by atoms with van der Waals surface area (Å²) in [6, 6.07) is 5.60. The highest BCUT2D eigenvalue weighted by molar-refractivity contribution is 5.94. The summed E-state index contributed by atoms with van der Waals surface area (Å²) < 4.78 is 39.8. The SMILES string of the molecule is O=C(O)c1n[nH]c2c1CN(c1ccnc3c(C(F)(F)F)cccc13)CC2. The van der Waals surface area contributed by atoms with Crippen LogP contribution in [0, 0.1) is 0 Å². The Bertz CT molecular complexity index is 1010. The molecular weight excluding hydrogens is 349 g/mol. The molecule has 3 heterocycles. The van der Waals surface area contributed by atoms with Crippen molar-refractivity contribution in [3.8, 4) is 0 Å². The minimum atomic E-state index is -4.50. The standard InChI is InChI=1S/C17H13F3N4O2/c18-17(19,20)11-3-1-2-9-13(4-6-21-14(9)11)24-7-5-12-10(8-24)15(16(25)26)23-22-12/h1-4,6H,5,7-8H2,(H,22,23)(H,25,26). The molecule has 1 aliphatic heterocycles. The van der Waals surface area contributed by atoms with Crippen LogP contribution in [0.1, 0.15) is 27.3 Å². The first-order valence-corrected chi connectivity index (χ1v) is 7.85. The zero-order chi connectivity index (χ0) is 18.5. The number of nitrogens with one attached hydrogen (secondary N) is 1.